The van der Waals surface area contributed by atoms with Gasteiger partial charge in [0.15, 0.2) is 0 Å². The minimum atomic E-state index is 0.0699. The van der Waals surface area contributed by atoms with E-state index in [9.17, 15) is 4.79 Å². The number of amides is 1. The number of carbonyl (C=O) groups is 1. The molecule has 1 aliphatic rings. The molecule has 1 amide bonds. The maximum atomic E-state index is 12.6. The molecule has 1 fully saturated rings. The first-order valence-corrected chi connectivity index (χ1v) is 9.09. The monoisotopic (exact) mass is 362 g/mol. The summed E-state index contributed by atoms with van der Waals surface area (Å²) < 4.78 is 5.80. The third kappa shape index (κ3) is 3.75. The first-order chi connectivity index (χ1) is 13.1. The average molecular weight is 362 g/mol. The highest BCUT2D eigenvalue weighted by Gasteiger charge is 2.20. The fourth-order valence-corrected chi connectivity index (χ4v) is 3.10. The Balaban J connectivity index is 1.49. The summed E-state index contributed by atoms with van der Waals surface area (Å²) in [5.41, 5.74) is 3.55. The molecule has 1 aliphatic heterocycles. The predicted octanol–water partition coefficient (Wildman–Crippen LogP) is 3.10. The highest BCUT2D eigenvalue weighted by atomic mass is 16.4. The SMILES string of the molecule is Cc1ccc(-c2nnc(-c3ccc(C(=O)N4CCN(C)CC4)cc3)o2)cc1. The van der Waals surface area contributed by atoms with Crippen LogP contribution in [0, 0.1) is 6.92 Å². The van der Waals surface area contributed by atoms with Crippen LogP contribution < -0.4 is 0 Å². The second-order valence-electron chi connectivity index (χ2n) is 6.95. The molecule has 0 N–H and O–H groups in total. The molecule has 0 aliphatic carbocycles. The molecule has 2 heterocycles. The zero-order chi connectivity index (χ0) is 18.8. The summed E-state index contributed by atoms with van der Waals surface area (Å²) in [6.45, 7) is 5.39. The molecule has 138 valence electrons. The second kappa shape index (κ2) is 7.32. The van der Waals surface area contributed by atoms with Gasteiger partial charge >= 0.3 is 0 Å². The maximum absolute atomic E-state index is 12.6. The molecular weight excluding hydrogens is 340 g/mol. The number of likely N-dealkylation sites (N-methyl/N-ethyl adjacent to an activating group) is 1. The van der Waals surface area contributed by atoms with Gasteiger partial charge in [0.25, 0.3) is 5.91 Å². The molecule has 0 radical (unpaired) electrons. The molecule has 2 aromatic carbocycles. The molecule has 6 nitrogen and oxygen atoms in total. The van der Waals surface area contributed by atoms with Crippen molar-refractivity contribution in [2.75, 3.05) is 33.2 Å². The van der Waals surface area contributed by atoms with Crippen molar-refractivity contribution < 1.29 is 9.21 Å². The molecule has 0 bridgehead atoms. The Kier molecular flexibility index (Phi) is 4.73. The van der Waals surface area contributed by atoms with Crippen LogP contribution >= 0.6 is 0 Å². The fourth-order valence-electron chi connectivity index (χ4n) is 3.10. The number of aryl methyl sites for hydroxylation is 1. The Bertz CT molecular complexity index is 924. The first kappa shape index (κ1) is 17.4. The minimum Gasteiger partial charge on any atom is -0.416 e. The Morgan fingerprint density at radius 3 is 1.93 bits per heavy atom. The normalized spacial score (nSPS) is 15.1. The molecule has 3 aromatic rings. The van der Waals surface area contributed by atoms with Crippen LogP contribution in [0.1, 0.15) is 15.9 Å². The molecule has 6 heteroatoms. The lowest BCUT2D eigenvalue weighted by atomic mass is 10.1. The number of carbonyl (C=O) groups excluding carboxylic acids is 1. The number of benzene rings is 2. The largest absolute Gasteiger partial charge is 0.416 e. The van der Waals surface area contributed by atoms with Gasteiger partial charge in [-0.3, -0.25) is 4.79 Å². The molecule has 4 rings (SSSR count). The van der Waals surface area contributed by atoms with E-state index in [1.165, 1.54) is 5.56 Å². The fraction of sp³-hybridized carbons (Fsp3) is 0.286. The second-order valence-corrected chi connectivity index (χ2v) is 6.95. The van der Waals surface area contributed by atoms with Crippen molar-refractivity contribution in [1.29, 1.82) is 0 Å². The maximum Gasteiger partial charge on any atom is 0.253 e. The topological polar surface area (TPSA) is 62.5 Å². The minimum absolute atomic E-state index is 0.0699. The van der Waals surface area contributed by atoms with E-state index in [1.54, 1.807) is 0 Å². The van der Waals surface area contributed by atoms with Crippen LogP contribution in [0.3, 0.4) is 0 Å². The summed E-state index contributed by atoms with van der Waals surface area (Å²) in [6, 6.07) is 15.3. The lowest BCUT2D eigenvalue weighted by Gasteiger charge is -2.32. The van der Waals surface area contributed by atoms with Crippen molar-refractivity contribution in [1.82, 2.24) is 20.0 Å². The number of aromatic nitrogens is 2. The molecule has 27 heavy (non-hydrogen) atoms. The summed E-state index contributed by atoms with van der Waals surface area (Å²) in [5, 5.41) is 8.27. The number of hydrogen-bond acceptors (Lipinski definition) is 5. The van der Waals surface area contributed by atoms with Gasteiger partial charge in [-0.2, -0.15) is 0 Å². The van der Waals surface area contributed by atoms with Crippen LogP contribution in [-0.2, 0) is 0 Å². The lowest BCUT2D eigenvalue weighted by Crippen LogP contribution is -2.47. The van der Waals surface area contributed by atoms with E-state index in [0.29, 0.717) is 17.3 Å². The van der Waals surface area contributed by atoms with Gasteiger partial charge in [0.2, 0.25) is 11.8 Å². The van der Waals surface area contributed by atoms with E-state index < -0.39 is 0 Å². The average Bonchev–Trinajstić information content (AvgIpc) is 3.19. The van der Waals surface area contributed by atoms with E-state index in [-0.39, 0.29) is 5.91 Å². The summed E-state index contributed by atoms with van der Waals surface area (Å²) in [4.78, 5) is 16.8. The van der Waals surface area contributed by atoms with Crippen LogP contribution in [0.5, 0.6) is 0 Å². The standard InChI is InChI=1S/C21H22N4O2/c1-15-3-5-16(6-4-15)19-22-23-20(27-19)17-7-9-18(10-8-17)21(26)25-13-11-24(2)12-14-25/h3-10H,11-14H2,1-2H3. The van der Waals surface area contributed by atoms with E-state index in [2.05, 4.69) is 22.1 Å². The Morgan fingerprint density at radius 1 is 0.852 bits per heavy atom. The van der Waals surface area contributed by atoms with Gasteiger partial charge in [-0.1, -0.05) is 17.7 Å². The van der Waals surface area contributed by atoms with Gasteiger partial charge in [-0.15, -0.1) is 10.2 Å². The number of nitrogens with zero attached hydrogens (tertiary/aromatic N) is 4. The van der Waals surface area contributed by atoms with Crippen molar-refractivity contribution in [2.45, 2.75) is 6.92 Å². The smallest absolute Gasteiger partial charge is 0.253 e. The van der Waals surface area contributed by atoms with Gasteiger partial charge in [-0.25, -0.2) is 0 Å². The molecular formula is C21H22N4O2. The van der Waals surface area contributed by atoms with Crippen molar-refractivity contribution in [3.63, 3.8) is 0 Å². The van der Waals surface area contributed by atoms with Gasteiger partial charge in [0.1, 0.15) is 0 Å². The Hall–Kier alpha value is -2.99. The summed E-state index contributed by atoms with van der Waals surface area (Å²) in [5.74, 6) is 1.01. The van der Waals surface area contributed by atoms with Crippen LogP contribution in [0.25, 0.3) is 22.9 Å². The molecule has 0 spiro atoms. The third-order valence-electron chi connectivity index (χ3n) is 4.89. The van der Waals surface area contributed by atoms with Gasteiger partial charge in [0, 0.05) is 42.9 Å². The van der Waals surface area contributed by atoms with Crippen molar-refractivity contribution >= 4 is 5.91 Å². The zero-order valence-electron chi connectivity index (χ0n) is 15.6. The van der Waals surface area contributed by atoms with Crippen molar-refractivity contribution in [2.24, 2.45) is 0 Å². The quantitative estimate of drug-likeness (QED) is 0.716. The summed E-state index contributed by atoms with van der Waals surface area (Å²) >= 11 is 0. The molecule has 1 aromatic heterocycles. The predicted molar refractivity (Wildman–Crippen MR) is 103 cm³/mol. The van der Waals surface area contributed by atoms with Crippen molar-refractivity contribution in [3.8, 4) is 22.9 Å². The number of rotatable bonds is 3. The Morgan fingerprint density at radius 2 is 1.37 bits per heavy atom. The van der Waals surface area contributed by atoms with E-state index in [4.69, 9.17) is 4.42 Å². The van der Waals surface area contributed by atoms with Gasteiger partial charge < -0.3 is 14.2 Å². The van der Waals surface area contributed by atoms with Gasteiger partial charge in [0.05, 0.1) is 0 Å². The molecule has 0 saturated carbocycles. The van der Waals surface area contributed by atoms with Crippen LogP contribution in [0.2, 0.25) is 0 Å². The Labute approximate surface area is 158 Å². The first-order valence-electron chi connectivity index (χ1n) is 9.09. The molecule has 0 unspecified atom stereocenters. The molecule has 1 saturated heterocycles. The van der Waals surface area contributed by atoms with E-state index >= 15 is 0 Å². The molecule has 0 atom stereocenters. The van der Waals surface area contributed by atoms with Crippen LogP contribution in [0.4, 0.5) is 0 Å². The lowest BCUT2D eigenvalue weighted by molar-refractivity contribution is 0.0664. The van der Waals surface area contributed by atoms with E-state index in [0.717, 1.165) is 37.3 Å². The van der Waals surface area contributed by atoms with Crippen LogP contribution in [-0.4, -0.2) is 59.1 Å². The summed E-state index contributed by atoms with van der Waals surface area (Å²) in [7, 11) is 2.08. The zero-order valence-corrected chi connectivity index (χ0v) is 15.6. The third-order valence-corrected chi connectivity index (χ3v) is 4.89. The van der Waals surface area contributed by atoms with Crippen molar-refractivity contribution in [3.05, 3.63) is 59.7 Å². The summed E-state index contributed by atoms with van der Waals surface area (Å²) in [6.07, 6.45) is 0. The highest BCUT2D eigenvalue weighted by molar-refractivity contribution is 5.94. The number of hydrogen-bond donors (Lipinski definition) is 0. The highest BCUT2D eigenvalue weighted by Crippen LogP contribution is 2.24. The van der Waals surface area contributed by atoms with Gasteiger partial charge in [-0.05, 0) is 50.4 Å². The van der Waals surface area contributed by atoms with Crippen LogP contribution in [0.15, 0.2) is 52.9 Å². The number of piperazine rings is 1. The van der Waals surface area contributed by atoms with E-state index in [1.807, 2.05) is 60.4 Å².